The number of aryl methyl sites for hydroxylation is 1. The summed E-state index contributed by atoms with van der Waals surface area (Å²) in [6, 6.07) is 16.5. The van der Waals surface area contributed by atoms with Gasteiger partial charge in [0.25, 0.3) is 5.91 Å². The Morgan fingerprint density at radius 1 is 1.06 bits per heavy atom. The molecule has 1 aromatic heterocycles. The zero-order chi connectivity index (χ0) is 23.4. The van der Waals surface area contributed by atoms with E-state index in [0.29, 0.717) is 43.1 Å². The van der Waals surface area contributed by atoms with Gasteiger partial charge in [0, 0.05) is 19.6 Å². The van der Waals surface area contributed by atoms with Crippen molar-refractivity contribution in [1.29, 1.82) is 0 Å². The van der Waals surface area contributed by atoms with Gasteiger partial charge in [0.2, 0.25) is 10.0 Å². The minimum Gasteiger partial charge on any atom is -0.379 e. The normalized spacial score (nSPS) is 14.8. The van der Waals surface area contributed by atoms with E-state index in [0.717, 1.165) is 11.3 Å². The summed E-state index contributed by atoms with van der Waals surface area (Å²) in [5, 5.41) is 7.49. The van der Waals surface area contributed by atoms with Crippen LogP contribution in [0.25, 0.3) is 5.69 Å². The first-order valence-electron chi connectivity index (χ1n) is 10.6. The Morgan fingerprint density at radius 3 is 2.39 bits per heavy atom. The van der Waals surface area contributed by atoms with Gasteiger partial charge in [-0.25, -0.2) is 13.1 Å². The van der Waals surface area contributed by atoms with Crippen molar-refractivity contribution in [3.8, 4) is 5.69 Å². The molecule has 0 aliphatic carbocycles. The fourth-order valence-corrected chi connectivity index (χ4v) is 5.67. The zero-order valence-corrected chi connectivity index (χ0v) is 19.8. The molecule has 1 amide bonds. The van der Waals surface area contributed by atoms with Crippen molar-refractivity contribution in [2.24, 2.45) is 0 Å². The molecule has 0 radical (unpaired) electrons. The summed E-state index contributed by atoms with van der Waals surface area (Å²) >= 11 is 6.49. The number of nitrogens with zero attached hydrogens (tertiary/aromatic N) is 3. The number of amides is 1. The topological polar surface area (TPSA) is 93.5 Å². The number of carbonyl (C=O) groups is 1. The van der Waals surface area contributed by atoms with Gasteiger partial charge in [0.15, 0.2) is 0 Å². The first kappa shape index (κ1) is 23.4. The van der Waals surface area contributed by atoms with Crippen LogP contribution >= 0.6 is 11.6 Å². The van der Waals surface area contributed by atoms with E-state index in [1.165, 1.54) is 8.99 Å². The van der Waals surface area contributed by atoms with Gasteiger partial charge in [-0.15, -0.1) is 0 Å². The fourth-order valence-electron chi connectivity index (χ4n) is 3.74. The van der Waals surface area contributed by atoms with Gasteiger partial charge >= 0.3 is 0 Å². The van der Waals surface area contributed by atoms with Crippen molar-refractivity contribution >= 4 is 27.5 Å². The number of hydrogen-bond acceptors (Lipinski definition) is 5. The Hall–Kier alpha value is -2.72. The summed E-state index contributed by atoms with van der Waals surface area (Å²) in [6.07, 6.45) is 0. The average molecular weight is 489 g/mol. The molecule has 2 aromatic carbocycles. The number of nitrogens with one attached hydrogen (secondary N) is 1. The molecule has 33 heavy (non-hydrogen) atoms. The van der Waals surface area contributed by atoms with E-state index in [4.69, 9.17) is 16.3 Å². The first-order chi connectivity index (χ1) is 15.9. The monoisotopic (exact) mass is 488 g/mol. The maximum absolute atomic E-state index is 13.0. The van der Waals surface area contributed by atoms with E-state index in [2.05, 4.69) is 10.4 Å². The molecule has 2 heterocycles. The third-order valence-corrected chi connectivity index (χ3v) is 7.67. The Balaban J connectivity index is 1.49. The third-order valence-electron chi connectivity index (χ3n) is 5.49. The highest BCUT2D eigenvalue weighted by atomic mass is 35.5. The lowest BCUT2D eigenvalue weighted by molar-refractivity contribution is 0.0729. The van der Waals surface area contributed by atoms with E-state index in [1.807, 2.05) is 42.5 Å². The van der Waals surface area contributed by atoms with Crippen LogP contribution in [0.1, 0.15) is 27.2 Å². The summed E-state index contributed by atoms with van der Waals surface area (Å²) in [4.78, 5) is 13.0. The minimum atomic E-state index is -3.48. The molecule has 8 nitrogen and oxygen atoms in total. The maximum atomic E-state index is 13.0. The molecule has 0 saturated carbocycles. The van der Waals surface area contributed by atoms with Crippen molar-refractivity contribution < 1.29 is 17.9 Å². The molecule has 0 bridgehead atoms. The molecule has 1 aliphatic heterocycles. The highest BCUT2D eigenvalue weighted by Crippen LogP contribution is 2.24. The number of morpholine rings is 1. The molecule has 4 rings (SSSR count). The number of benzene rings is 2. The standard InChI is InChI=1S/C23H25ClN4O4S/c1-17-21(22(24)28(26-17)20-9-3-2-4-10-20)23(29)25-15-18-7-5-6-8-19(18)16-33(30,31)27-11-13-32-14-12-27/h2-10H,11-16H2,1H3,(H,25,29). The van der Waals surface area contributed by atoms with Gasteiger partial charge in [-0.1, -0.05) is 54.1 Å². The van der Waals surface area contributed by atoms with E-state index in [1.54, 1.807) is 19.1 Å². The van der Waals surface area contributed by atoms with Crippen LogP contribution in [0.4, 0.5) is 0 Å². The van der Waals surface area contributed by atoms with E-state index >= 15 is 0 Å². The number of sulfonamides is 1. The molecule has 10 heteroatoms. The SMILES string of the molecule is Cc1nn(-c2ccccc2)c(Cl)c1C(=O)NCc1ccccc1CS(=O)(=O)N1CCOCC1. The second-order valence-electron chi connectivity index (χ2n) is 7.72. The smallest absolute Gasteiger partial charge is 0.256 e. The van der Waals surface area contributed by atoms with Crippen LogP contribution in [0.5, 0.6) is 0 Å². The lowest BCUT2D eigenvalue weighted by Gasteiger charge is -2.26. The lowest BCUT2D eigenvalue weighted by atomic mass is 10.1. The predicted molar refractivity (Wildman–Crippen MR) is 126 cm³/mol. The molecule has 1 fully saturated rings. The first-order valence-corrected chi connectivity index (χ1v) is 12.6. The van der Waals surface area contributed by atoms with Crippen molar-refractivity contribution in [3.05, 3.63) is 82.1 Å². The van der Waals surface area contributed by atoms with E-state index in [-0.39, 0.29) is 23.4 Å². The molecule has 0 spiro atoms. The zero-order valence-electron chi connectivity index (χ0n) is 18.2. The van der Waals surface area contributed by atoms with E-state index in [9.17, 15) is 13.2 Å². The predicted octanol–water partition coefficient (Wildman–Crippen LogP) is 2.93. The van der Waals surface area contributed by atoms with Gasteiger partial charge in [0.05, 0.1) is 35.9 Å². The highest BCUT2D eigenvalue weighted by Gasteiger charge is 2.26. The molecular formula is C23H25ClN4O4S. The average Bonchev–Trinajstić information content (AvgIpc) is 3.13. The van der Waals surface area contributed by atoms with Gasteiger partial charge in [0.1, 0.15) is 5.15 Å². The van der Waals surface area contributed by atoms with Crippen LogP contribution in [-0.2, 0) is 27.1 Å². The largest absolute Gasteiger partial charge is 0.379 e. The number of carbonyl (C=O) groups excluding carboxylic acids is 1. The van der Waals surface area contributed by atoms with Crippen LogP contribution in [0.3, 0.4) is 0 Å². The molecule has 0 atom stereocenters. The molecule has 1 saturated heterocycles. The van der Waals surface area contributed by atoms with Crippen molar-refractivity contribution in [2.75, 3.05) is 26.3 Å². The molecule has 3 aromatic rings. The Bertz CT molecular complexity index is 1240. The molecule has 1 N–H and O–H groups in total. The number of halogens is 1. The quantitative estimate of drug-likeness (QED) is 0.552. The van der Waals surface area contributed by atoms with Gasteiger partial charge < -0.3 is 10.1 Å². The summed E-state index contributed by atoms with van der Waals surface area (Å²) in [7, 11) is -3.48. The molecule has 0 unspecified atom stereocenters. The van der Waals surface area contributed by atoms with Gasteiger partial charge in [-0.05, 0) is 30.2 Å². The van der Waals surface area contributed by atoms with E-state index < -0.39 is 10.0 Å². The summed E-state index contributed by atoms with van der Waals surface area (Å²) in [5.41, 5.74) is 2.92. The van der Waals surface area contributed by atoms with Crippen LogP contribution < -0.4 is 5.32 Å². The highest BCUT2D eigenvalue weighted by molar-refractivity contribution is 7.88. The van der Waals surface area contributed by atoms with Gasteiger partial charge in [-0.2, -0.15) is 9.40 Å². The lowest BCUT2D eigenvalue weighted by Crippen LogP contribution is -2.41. The van der Waals surface area contributed by atoms with Gasteiger partial charge in [-0.3, -0.25) is 4.79 Å². The molecular weight excluding hydrogens is 464 g/mol. The number of hydrogen-bond donors (Lipinski definition) is 1. The fraction of sp³-hybridized carbons (Fsp3) is 0.304. The maximum Gasteiger partial charge on any atom is 0.256 e. The summed E-state index contributed by atoms with van der Waals surface area (Å²) in [5.74, 6) is -0.504. The number of rotatable bonds is 7. The summed E-state index contributed by atoms with van der Waals surface area (Å²) in [6.45, 7) is 3.39. The summed E-state index contributed by atoms with van der Waals surface area (Å²) < 4.78 is 33.9. The van der Waals surface area contributed by atoms with Crippen molar-refractivity contribution in [2.45, 2.75) is 19.2 Å². The van der Waals surface area contributed by atoms with Crippen LogP contribution in [0.2, 0.25) is 5.15 Å². The van der Waals surface area contributed by atoms with Crippen molar-refractivity contribution in [1.82, 2.24) is 19.4 Å². The van der Waals surface area contributed by atoms with Crippen LogP contribution in [-0.4, -0.2) is 54.7 Å². The number of aromatic nitrogens is 2. The Labute approximate surface area is 198 Å². The van der Waals surface area contributed by atoms with Crippen LogP contribution in [0, 0.1) is 6.92 Å². The van der Waals surface area contributed by atoms with Crippen LogP contribution in [0.15, 0.2) is 54.6 Å². The van der Waals surface area contributed by atoms with Crippen molar-refractivity contribution in [3.63, 3.8) is 0 Å². The Kier molecular flexibility index (Phi) is 7.14. The molecule has 1 aliphatic rings. The minimum absolute atomic E-state index is 0.134. The number of ether oxygens (including phenoxy) is 1. The Morgan fingerprint density at radius 2 is 1.70 bits per heavy atom. The molecule has 174 valence electrons. The second kappa shape index (κ2) is 10.0. The second-order valence-corrected chi connectivity index (χ2v) is 10.0. The number of para-hydroxylation sites is 1. The third kappa shape index (κ3) is 5.27.